The van der Waals surface area contributed by atoms with Crippen LogP contribution in [-0.4, -0.2) is 12.6 Å². The number of hydrogen-bond acceptors (Lipinski definition) is 5. The molecule has 3 rings (SSSR count). The Balaban J connectivity index is 2.06. The summed E-state index contributed by atoms with van der Waals surface area (Å²) in [4.78, 5) is 12.9. The molecular weight excluding hydrogens is 392 g/mol. The van der Waals surface area contributed by atoms with Crippen LogP contribution >= 0.6 is 28.6 Å². The fraction of sp³-hybridized carbons (Fsp3) is 0.167. The Hall–Kier alpha value is -1.92. The first-order valence-corrected chi connectivity index (χ1v) is 8.94. The number of rotatable bonds is 5. The van der Waals surface area contributed by atoms with Crippen molar-refractivity contribution >= 4 is 45.5 Å². The van der Waals surface area contributed by atoms with E-state index >= 15 is 0 Å². The molecule has 6 heteroatoms. The molecule has 4 nitrogen and oxygen atoms in total. The summed E-state index contributed by atoms with van der Waals surface area (Å²) in [6, 6.07) is 12.5. The minimum atomic E-state index is -0.410. The number of ether oxygens (including phenoxy) is 2. The Morgan fingerprint density at radius 2 is 1.96 bits per heavy atom. The van der Waals surface area contributed by atoms with Crippen molar-refractivity contribution in [2.24, 2.45) is 0 Å². The number of halogens is 1. The molecule has 3 aromatic rings. The Morgan fingerprint density at radius 3 is 2.62 bits per heavy atom. The predicted molar refractivity (Wildman–Crippen MR) is 98.6 cm³/mol. The van der Waals surface area contributed by atoms with Gasteiger partial charge >= 0.3 is 5.97 Å². The van der Waals surface area contributed by atoms with E-state index < -0.39 is 5.97 Å². The van der Waals surface area contributed by atoms with Crippen LogP contribution in [0.1, 0.15) is 23.0 Å². The Labute approximate surface area is 153 Å². The smallest absolute Gasteiger partial charge is 0.338 e. The van der Waals surface area contributed by atoms with Gasteiger partial charge in [-0.15, -0.1) is 12.6 Å². The van der Waals surface area contributed by atoms with Gasteiger partial charge in [0.2, 0.25) is 0 Å². The normalized spacial score (nSPS) is 10.8. The maximum absolute atomic E-state index is 12.1. The lowest BCUT2D eigenvalue weighted by Gasteiger charge is -2.09. The maximum atomic E-state index is 12.1. The summed E-state index contributed by atoms with van der Waals surface area (Å²) in [6.07, 6.45) is 0. The highest BCUT2D eigenvalue weighted by Crippen LogP contribution is 2.34. The molecule has 0 saturated heterocycles. The van der Waals surface area contributed by atoms with Crippen LogP contribution < -0.4 is 4.74 Å². The van der Waals surface area contributed by atoms with Crippen molar-refractivity contribution in [3.63, 3.8) is 0 Å². The predicted octanol–water partition coefficient (Wildman–Crippen LogP) is 5.59. The minimum absolute atomic E-state index is 0.307. The summed E-state index contributed by atoms with van der Waals surface area (Å²) in [7, 11) is 0. The quantitative estimate of drug-likeness (QED) is 0.341. The summed E-state index contributed by atoms with van der Waals surface area (Å²) in [6.45, 7) is 2.07. The largest absolute Gasteiger partial charge is 0.462 e. The van der Waals surface area contributed by atoms with E-state index in [1.807, 2.05) is 30.3 Å². The molecule has 0 saturated carbocycles. The van der Waals surface area contributed by atoms with Gasteiger partial charge in [-0.05, 0) is 49.4 Å². The van der Waals surface area contributed by atoms with Crippen LogP contribution in [0.4, 0.5) is 0 Å². The second kappa shape index (κ2) is 7.32. The lowest BCUT2D eigenvalue weighted by molar-refractivity contribution is 0.0526. The standard InChI is InChI=1S/C18H15BrO4S/c1-2-21-18(20)11-7-16(22-12-3-5-14(24)6-4-12)15-9-13(10-19)23-17(15)8-11/h3-9,24H,2,10H2,1H3. The molecule has 0 N–H and O–H groups in total. The van der Waals surface area contributed by atoms with Crippen LogP contribution in [0.3, 0.4) is 0 Å². The van der Waals surface area contributed by atoms with E-state index in [1.54, 1.807) is 19.1 Å². The van der Waals surface area contributed by atoms with Crippen molar-refractivity contribution in [3.05, 3.63) is 53.8 Å². The number of hydrogen-bond donors (Lipinski definition) is 1. The summed E-state index contributed by atoms with van der Waals surface area (Å²) in [5, 5.41) is 1.37. The van der Waals surface area contributed by atoms with E-state index in [4.69, 9.17) is 13.9 Å². The number of benzene rings is 2. The third-order valence-corrected chi connectivity index (χ3v) is 4.21. The van der Waals surface area contributed by atoms with E-state index in [0.717, 1.165) is 16.0 Å². The summed E-state index contributed by atoms with van der Waals surface area (Å²) in [5.41, 5.74) is 0.969. The average Bonchev–Trinajstić information content (AvgIpc) is 3.00. The van der Waals surface area contributed by atoms with Gasteiger partial charge in [0.05, 0.1) is 22.9 Å². The Kier molecular flexibility index (Phi) is 5.16. The second-order valence-corrected chi connectivity index (χ2v) is 6.13. The van der Waals surface area contributed by atoms with Gasteiger partial charge in [0.15, 0.2) is 0 Å². The fourth-order valence-electron chi connectivity index (χ4n) is 2.28. The SMILES string of the molecule is CCOC(=O)c1cc(Oc2ccc(S)cc2)c2cc(CBr)oc2c1. The van der Waals surface area contributed by atoms with Crippen LogP contribution in [0.2, 0.25) is 0 Å². The van der Waals surface area contributed by atoms with Crippen LogP contribution in [-0.2, 0) is 10.1 Å². The fourth-order valence-corrected chi connectivity index (χ4v) is 2.71. The van der Waals surface area contributed by atoms with Gasteiger partial charge in [-0.25, -0.2) is 4.79 Å². The van der Waals surface area contributed by atoms with E-state index in [9.17, 15) is 4.79 Å². The van der Waals surface area contributed by atoms with Crippen LogP contribution in [0.15, 0.2) is 51.8 Å². The molecule has 0 aliphatic rings. The highest BCUT2D eigenvalue weighted by Gasteiger charge is 2.16. The van der Waals surface area contributed by atoms with Crippen LogP contribution in [0.25, 0.3) is 11.0 Å². The van der Waals surface area contributed by atoms with Crippen LogP contribution in [0.5, 0.6) is 11.5 Å². The van der Waals surface area contributed by atoms with Crippen molar-refractivity contribution in [2.45, 2.75) is 17.1 Å². The zero-order chi connectivity index (χ0) is 17.1. The van der Waals surface area contributed by atoms with Crippen molar-refractivity contribution < 1.29 is 18.7 Å². The molecule has 24 heavy (non-hydrogen) atoms. The molecule has 1 aromatic heterocycles. The molecule has 0 amide bonds. The molecule has 0 fully saturated rings. The van der Waals surface area contributed by atoms with E-state index in [0.29, 0.717) is 34.6 Å². The third-order valence-electron chi connectivity index (χ3n) is 3.36. The molecule has 0 spiro atoms. The number of carbonyl (C=O) groups excluding carboxylic acids is 1. The van der Waals surface area contributed by atoms with Gasteiger partial charge in [0, 0.05) is 4.90 Å². The van der Waals surface area contributed by atoms with E-state index in [2.05, 4.69) is 28.6 Å². The number of alkyl halides is 1. The number of fused-ring (bicyclic) bond motifs is 1. The van der Waals surface area contributed by atoms with Gasteiger partial charge in [0.1, 0.15) is 22.8 Å². The zero-order valence-electron chi connectivity index (χ0n) is 12.9. The van der Waals surface area contributed by atoms with Crippen molar-refractivity contribution in [1.29, 1.82) is 0 Å². The molecule has 0 aliphatic carbocycles. The number of thiol groups is 1. The Bertz CT molecular complexity index is 871. The van der Waals surface area contributed by atoms with E-state index in [-0.39, 0.29) is 0 Å². The van der Waals surface area contributed by atoms with Crippen LogP contribution in [0, 0.1) is 0 Å². The Morgan fingerprint density at radius 1 is 1.21 bits per heavy atom. The monoisotopic (exact) mass is 406 g/mol. The number of carbonyl (C=O) groups is 1. The van der Waals surface area contributed by atoms with Crippen molar-refractivity contribution in [3.8, 4) is 11.5 Å². The highest BCUT2D eigenvalue weighted by molar-refractivity contribution is 9.08. The van der Waals surface area contributed by atoms with Gasteiger partial charge < -0.3 is 13.9 Å². The third kappa shape index (κ3) is 3.60. The lowest BCUT2D eigenvalue weighted by Crippen LogP contribution is -2.04. The first-order chi connectivity index (χ1) is 11.6. The molecule has 0 atom stereocenters. The molecule has 0 radical (unpaired) electrons. The zero-order valence-corrected chi connectivity index (χ0v) is 15.4. The number of esters is 1. The van der Waals surface area contributed by atoms with Gasteiger partial charge in [-0.2, -0.15) is 0 Å². The molecule has 124 valence electrons. The first kappa shape index (κ1) is 16.9. The van der Waals surface area contributed by atoms with Crippen molar-refractivity contribution in [1.82, 2.24) is 0 Å². The lowest BCUT2D eigenvalue weighted by atomic mass is 10.1. The molecule has 2 aromatic carbocycles. The van der Waals surface area contributed by atoms with E-state index in [1.165, 1.54) is 0 Å². The topological polar surface area (TPSA) is 48.7 Å². The maximum Gasteiger partial charge on any atom is 0.338 e. The highest BCUT2D eigenvalue weighted by atomic mass is 79.9. The molecular formula is C18H15BrO4S. The summed E-state index contributed by atoms with van der Waals surface area (Å²) in [5.74, 6) is 1.53. The molecule has 0 unspecified atom stereocenters. The van der Waals surface area contributed by atoms with Crippen molar-refractivity contribution in [2.75, 3.05) is 6.61 Å². The summed E-state index contributed by atoms with van der Waals surface area (Å²) < 4.78 is 16.8. The molecule has 0 bridgehead atoms. The van der Waals surface area contributed by atoms with Gasteiger partial charge in [-0.3, -0.25) is 0 Å². The average molecular weight is 407 g/mol. The van der Waals surface area contributed by atoms with Gasteiger partial charge in [-0.1, -0.05) is 15.9 Å². The minimum Gasteiger partial charge on any atom is -0.462 e. The molecule has 0 aliphatic heterocycles. The first-order valence-electron chi connectivity index (χ1n) is 7.37. The molecule has 1 heterocycles. The number of furan rings is 1. The second-order valence-electron chi connectivity index (χ2n) is 5.05. The van der Waals surface area contributed by atoms with Gasteiger partial charge in [0.25, 0.3) is 0 Å². The summed E-state index contributed by atoms with van der Waals surface area (Å²) >= 11 is 7.63.